The third-order valence-corrected chi connectivity index (χ3v) is 4.67. The van der Waals surface area contributed by atoms with Crippen molar-refractivity contribution in [1.82, 2.24) is 4.98 Å². The molecule has 0 fully saturated rings. The summed E-state index contributed by atoms with van der Waals surface area (Å²) in [4.78, 5) is 18.7. The van der Waals surface area contributed by atoms with Crippen LogP contribution in [0.5, 0.6) is 0 Å². The Morgan fingerprint density at radius 2 is 1.82 bits per heavy atom. The summed E-state index contributed by atoms with van der Waals surface area (Å²) in [6.07, 6.45) is 3.47. The summed E-state index contributed by atoms with van der Waals surface area (Å²) in [5, 5.41) is 2.45. The fourth-order valence-corrected chi connectivity index (χ4v) is 3.29. The van der Waals surface area contributed by atoms with Crippen LogP contribution < -0.4 is 10.2 Å². The van der Waals surface area contributed by atoms with Gasteiger partial charge < -0.3 is 10.2 Å². The summed E-state index contributed by atoms with van der Waals surface area (Å²) < 4.78 is 40.1. The van der Waals surface area contributed by atoms with Crippen LogP contribution >= 0.6 is 0 Å². The molecule has 0 radical (unpaired) electrons. The maximum atomic E-state index is 13.8. The highest BCUT2D eigenvalue weighted by Crippen LogP contribution is 2.32. The second-order valence-electron chi connectivity index (χ2n) is 6.47. The Balaban J connectivity index is 1.53. The number of rotatable bonds is 3. The minimum absolute atomic E-state index is 0.322. The molecule has 4 rings (SSSR count). The molecule has 0 saturated carbocycles. The Bertz CT molecular complexity index is 1040. The molecule has 1 aromatic heterocycles. The summed E-state index contributed by atoms with van der Waals surface area (Å²) in [5.41, 5.74) is 2.10. The number of aryl methyl sites for hydroxylation is 1. The number of nitrogens with one attached hydrogen (secondary N) is 1. The number of aromatic nitrogens is 1. The van der Waals surface area contributed by atoms with Gasteiger partial charge in [-0.15, -0.1) is 0 Å². The van der Waals surface area contributed by atoms with Crippen LogP contribution in [0.1, 0.15) is 22.3 Å². The fourth-order valence-electron chi connectivity index (χ4n) is 3.29. The van der Waals surface area contributed by atoms with Crippen LogP contribution in [0.2, 0.25) is 0 Å². The van der Waals surface area contributed by atoms with Gasteiger partial charge in [0.15, 0.2) is 17.5 Å². The molecule has 1 amide bonds. The lowest BCUT2D eigenvalue weighted by molar-refractivity contribution is 0.102. The maximum absolute atomic E-state index is 13.8. The van der Waals surface area contributed by atoms with Crippen molar-refractivity contribution in [3.63, 3.8) is 0 Å². The number of pyridine rings is 1. The molecule has 1 N–H and O–H groups in total. The molecule has 0 spiro atoms. The lowest BCUT2D eigenvalue weighted by atomic mass is 10.0. The van der Waals surface area contributed by atoms with E-state index in [4.69, 9.17) is 0 Å². The van der Waals surface area contributed by atoms with E-state index in [9.17, 15) is 18.0 Å². The van der Waals surface area contributed by atoms with Crippen molar-refractivity contribution in [2.45, 2.75) is 12.8 Å². The number of halogens is 3. The molecule has 3 aromatic rings. The summed E-state index contributed by atoms with van der Waals surface area (Å²) in [6.45, 7) is 0.829. The Labute approximate surface area is 159 Å². The highest BCUT2D eigenvalue weighted by molar-refractivity contribution is 6.04. The van der Waals surface area contributed by atoms with E-state index in [0.717, 1.165) is 37.0 Å². The normalized spacial score (nSPS) is 13.2. The van der Waals surface area contributed by atoms with Gasteiger partial charge >= 0.3 is 0 Å². The minimum Gasteiger partial charge on any atom is -0.326 e. The third kappa shape index (κ3) is 3.31. The Kier molecular flexibility index (Phi) is 4.73. The highest BCUT2D eigenvalue weighted by atomic mass is 19.2. The number of anilines is 3. The fraction of sp³-hybridized carbons (Fsp3) is 0.143. The summed E-state index contributed by atoms with van der Waals surface area (Å²) in [6, 6.07) is 13.1. The van der Waals surface area contributed by atoms with Crippen LogP contribution in [0.3, 0.4) is 0 Å². The predicted molar refractivity (Wildman–Crippen MR) is 100 cm³/mol. The van der Waals surface area contributed by atoms with Gasteiger partial charge in [-0.1, -0.05) is 18.2 Å². The summed E-state index contributed by atoms with van der Waals surface area (Å²) in [7, 11) is 0. The molecular weight excluding hydrogens is 367 g/mol. The summed E-state index contributed by atoms with van der Waals surface area (Å²) in [5.74, 6) is -4.70. The van der Waals surface area contributed by atoms with Crippen LogP contribution in [-0.2, 0) is 6.42 Å². The molecule has 2 aromatic carbocycles. The molecule has 1 aliphatic rings. The summed E-state index contributed by atoms with van der Waals surface area (Å²) >= 11 is 0. The van der Waals surface area contributed by atoms with Crippen molar-refractivity contribution >= 4 is 23.1 Å². The smallest absolute Gasteiger partial charge is 0.258 e. The second kappa shape index (κ2) is 7.34. The van der Waals surface area contributed by atoms with E-state index in [2.05, 4.69) is 21.3 Å². The van der Waals surface area contributed by atoms with Gasteiger partial charge in [0, 0.05) is 12.2 Å². The zero-order valence-electron chi connectivity index (χ0n) is 14.8. The highest BCUT2D eigenvalue weighted by Gasteiger charge is 2.20. The van der Waals surface area contributed by atoms with Gasteiger partial charge in [0.05, 0.1) is 17.4 Å². The molecule has 0 aliphatic carbocycles. The van der Waals surface area contributed by atoms with Gasteiger partial charge in [-0.25, -0.2) is 18.2 Å². The van der Waals surface area contributed by atoms with Crippen LogP contribution in [0, 0.1) is 17.5 Å². The quantitative estimate of drug-likeness (QED) is 0.659. The number of para-hydroxylation sites is 1. The first-order valence-corrected chi connectivity index (χ1v) is 8.81. The van der Waals surface area contributed by atoms with Gasteiger partial charge in [0.25, 0.3) is 5.91 Å². The lowest BCUT2D eigenvalue weighted by Gasteiger charge is -2.30. The number of hydrogen-bond donors (Lipinski definition) is 1. The minimum atomic E-state index is -1.68. The van der Waals surface area contributed by atoms with E-state index >= 15 is 0 Å². The topological polar surface area (TPSA) is 45.2 Å². The first-order chi connectivity index (χ1) is 13.5. The first-order valence-electron chi connectivity index (χ1n) is 8.81. The molecule has 0 atom stereocenters. The van der Waals surface area contributed by atoms with Crippen LogP contribution in [0.25, 0.3) is 0 Å². The number of carbonyl (C=O) groups excluding carboxylic acids is 1. The van der Waals surface area contributed by atoms with Gasteiger partial charge in [-0.05, 0) is 48.7 Å². The molecule has 2 heterocycles. The van der Waals surface area contributed by atoms with E-state index in [1.54, 1.807) is 12.1 Å². The molecule has 0 saturated heterocycles. The van der Waals surface area contributed by atoms with Crippen molar-refractivity contribution in [1.29, 1.82) is 0 Å². The molecule has 4 nitrogen and oxygen atoms in total. The van der Waals surface area contributed by atoms with Gasteiger partial charge in [-0.2, -0.15) is 0 Å². The van der Waals surface area contributed by atoms with Gasteiger partial charge in [0.1, 0.15) is 5.82 Å². The number of benzene rings is 2. The van der Waals surface area contributed by atoms with Crippen LogP contribution in [0.15, 0.2) is 54.7 Å². The van der Waals surface area contributed by atoms with Crippen molar-refractivity contribution in [2.24, 2.45) is 0 Å². The molecule has 28 heavy (non-hydrogen) atoms. The van der Waals surface area contributed by atoms with E-state index in [1.807, 2.05) is 18.2 Å². The Hall–Kier alpha value is -3.35. The number of carbonyl (C=O) groups is 1. The van der Waals surface area contributed by atoms with Crippen molar-refractivity contribution in [3.05, 3.63) is 83.3 Å². The number of nitrogens with zero attached hydrogens (tertiary/aromatic N) is 2. The molecule has 0 bridgehead atoms. The van der Waals surface area contributed by atoms with Crippen molar-refractivity contribution < 1.29 is 18.0 Å². The average molecular weight is 383 g/mol. The SMILES string of the molecule is O=C(Nc1ccc(N2CCCc3ccccc32)nc1)c1ccc(F)c(F)c1F. The van der Waals surface area contributed by atoms with Crippen LogP contribution in [0.4, 0.5) is 30.4 Å². The third-order valence-electron chi connectivity index (χ3n) is 4.67. The first kappa shape index (κ1) is 18.0. The zero-order valence-corrected chi connectivity index (χ0v) is 14.8. The van der Waals surface area contributed by atoms with Crippen molar-refractivity contribution in [3.8, 4) is 0 Å². The standard InChI is InChI=1S/C21H16F3N3O/c22-16-9-8-15(19(23)20(16)24)21(28)26-14-7-10-18(25-12-14)27-11-3-5-13-4-1-2-6-17(13)27/h1-2,4,6-10,12H,3,5,11H2,(H,26,28). The largest absolute Gasteiger partial charge is 0.326 e. The molecular formula is C21H16F3N3O. The number of amides is 1. The maximum Gasteiger partial charge on any atom is 0.258 e. The zero-order chi connectivity index (χ0) is 19.7. The Morgan fingerprint density at radius 1 is 1.00 bits per heavy atom. The molecule has 1 aliphatic heterocycles. The van der Waals surface area contributed by atoms with Gasteiger partial charge in [0.2, 0.25) is 0 Å². The van der Waals surface area contributed by atoms with E-state index in [1.165, 1.54) is 11.8 Å². The van der Waals surface area contributed by atoms with Gasteiger partial charge in [-0.3, -0.25) is 4.79 Å². The predicted octanol–water partition coefficient (Wildman–Crippen LogP) is 4.84. The Morgan fingerprint density at radius 3 is 2.61 bits per heavy atom. The van der Waals surface area contributed by atoms with E-state index in [-0.39, 0.29) is 0 Å². The number of fused-ring (bicyclic) bond motifs is 1. The van der Waals surface area contributed by atoms with Crippen LogP contribution in [-0.4, -0.2) is 17.4 Å². The van der Waals surface area contributed by atoms with E-state index in [0.29, 0.717) is 11.8 Å². The monoisotopic (exact) mass is 383 g/mol. The average Bonchev–Trinajstić information content (AvgIpc) is 2.72. The second-order valence-corrected chi connectivity index (χ2v) is 6.47. The lowest BCUT2D eigenvalue weighted by Crippen LogP contribution is -2.25. The van der Waals surface area contributed by atoms with Crippen molar-refractivity contribution in [2.75, 3.05) is 16.8 Å². The molecule has 7 heteroatoms. The molecule has 142 valence electrons. The van der Waals surface area contributed by atoms with E-state index < -0.39 is 28.9 Å². The molecule has 0 unspecified atom stereocenters. The number of hydrogen-bond acceptors (Lipinski definition) is 3.